The van der Waals surface area contributed by atoms with Crippen LogP contribution in [0.2, 0.25) is 0 Å². The number of benzene rings is 3. The van der Waals surface area contributed by atoms with Crippen molar-refractivity contribution in [2.45, 2.75) is 19.9 Å². The number of aryl methyl sites for hydroxylation is 1. The molecule has 4 rings (SSSR count). The van der Waals surface area contributed by atoms with Gasteiger partial charge in [0.1, 0.15) is 6.04 Å². The van der Waals surface area contributed by atoms with Crippen LogP contribution in [0.3, 0.4) is 0 Å². The molecule has 3 aromatic rings. The van der Waals surface area contributed by atoms with Crippen LogP contribution in [0.5, 0.6) is 0 Å². The van der Waals surface area contributed by atoms with E-state index in [4.69, 9.17) is 0 Å². The van der Waals surface area contributed by atoms with E-state index in [-0.39, 0.29) is 11.8 Å². The highest BCUT2D eigenvalue weighted by Crippen LogP contribution is 2.38. The SMILES string of the molecule is Cc1ccccc1NC(=O)[C@H](C)N1C(=O)c2cccc3cccc1c23. The van der Waals surface area contributed by atoms with Crippen LogP contribution in [0.25, 0.3) is 10.8 Å². The van der Waals surface area contributed by atoms with Gasteiger partial charge in [0.15, 0.2) is 0 Å². The largest absolute Gasteiger partial charge is 0.324 e. The van der Waals surface area contributed by atoms with E-state index >= 15 is 0 Å². The van der Waals surface area contributed by atoms with Crippen LogP contribution in [-0.4, -0.2) is 17.9 Å². The molecule has 0 aromatic heterocycles. The molecule has 0 aliphatic carbocycles. The summed E-state index contributed by atoms with van der Waals surface area (Å²) in [5.74, 6) is -0.327. The Morgan fingerprint density at radius 1 is 1.00 bits per heavy atom. The maximum atomic E-state index is 12.9. The number of rotatable bonds is 3. The first-order chi connectivity index (χ1) is 12.1. The number of nitrogens with zero attached hydrogens (tertiary/aromatic N) is 1. The van der Waals surface area contributed by atoms with E-state index in [0.29, 0.717) is 5.56 Å². The average Bonchev–Trinajstić information content (AvgIpc) is 2.91. The average molecular weight is 330 g/mol. The minimum atomic E-state index is -0.606. The van der Waals surface area contributed by atoms with Gasteiger partial charge in [-0.15, -0.1) is 0 Å². The van der Waals surface area contributed by atoms with Crippen molar-refractivity contribution in [1.82, 2.24) is 0 Å². The number of carbonyl (C=O) groups excluding carboxylic acids is 2. The molecule has 0 bridgehead atoms. The molecule has 25 heavy (non-hydrogen) atoms. The fourth-order valence-electron chi connectivity index (χ4n) is 3.39. The van der Waals surface area contributed by atoms with Crippen molar-refractivity contribution in [1.29, 1.82) is 0 Å². The van der Waals surface area contributed by atoms with E-state index < -0.39 is 6.04 Å². The van der Waals surface area contributed by atoms with Gasteiger partial charge in [-0.25, -0.2) is 0 Å². The fourth-order valence-corrected chi connectivity index (χ4v) is 3.39. The van der Waals surface area contributed by atoms with E-state index in [9.17, 15) is 9.59 Å². The Morgan fingerprint density at radius 2 is 1.72 bits per heavy atom. The molecule has 1 atom stereocenters. The third-order valence-electron chi connectivity index (χ3n) is 4.76. The molecule has 1 aliphatic heterocycles. The van der Waals surface area contributed by atoms with E-state index in [1.165, 1.54) is 0 Å². The summed E-state index contributed by atoms with van der Waals surface area (Å²) >= 11 is 0. The third-order valence-corrected chi connectivity index (χ3v) is 4.76. The molecule has 0 radical (unpaired) electrons. The Bertz CT molecular complexity index is 1000. The number of amides is 2. The van der Waals surface area contributed by atoms with Gasteiger partial charge in [-0.05, 0) is 43.0 Å². The zero-order valence-electron chi connectivity index (χ0n) is 14.1. The standard InChI is InChI=1S/C21H18N2O2/c1-13-7-3-4-11-17(13)22-20(24)14(2)23-18-12-6-9-15-8-5-10-16(19(15)18)21(23)25/h3-12,14H,1-2H3,(H,22,24)/t14-/m0/s1. The van der Waals surface area contributed by atoms with Crippen molar-refractivity contribution >= 4 is 34.0 Å². The van der Waals surface area contributed by atoms with Gasteiger partial charge in [-0.3, -0.25) is 14.5 Å². The lowest BCUT2D eigenvalue weighted by Gasteiger charge is -2.25. The number of anilines is 2. The summed E-state index contributed by atoms with van der Waals surface area (Å²) in [5.41, 5.74) is 3.21. The molecule has 3 aromatic carbocycles. The van der Waals surface area contributed by atoms with Gasteiger partial charge in [-0.1, -0.05) is 42.5 Å². The smallest absolute Gasteiger partial charge is 0.259 e. The molecule has 124 valence electrons. The van der Waals surface area contributed by atoms with Gasteiger partial charge in [0.25, 0.3) is 5.91 Å². The summed E-state index contributed by atoms with van der Waals surface area (Å²) < 4.78 is 0. The summed E-state index contributed by atoms with van der Waals surface area (Å²) in [7, 11) is 0. The van der Waals surface area contributed by atoms with E-state index in [2.05, 4.69) is 5.32 Å². The van der Waals surface area contributed by atoms with Crippen molar-refractivity contribution < 1.29 is 9.59 Å². The van der Waals surface area contributed by atoms with Gasteiger partial charge in [0.2, 0.25) is 5.91 Å². The molecule has 0 saturated heterocycles. The fraction of sp³-hybridized carbons (Fsp3) is 0.143. The van der Waals surface area contributed by atoms with Crippen molar-refractivity contribution in [3.63, 3.8) is 0 Å². The maximum Gasteiger partial charge on any atom is 0.259 e. The number of carbonyl (C=O) groups is 2. The van der Waals surface area contributed by atoms with E-state index in [1.807, 2.05) is 67.6 Å². The lowest BCUT2D eigenvalue weighted by molar-refractivity contribution is -0.117. The van der Waals surface area contributed by atoms with Crippen LogP contribution in [0.15, 0.2) is 60.7 Å². The second-order valence-electron chi connectivity index (χ2n) is 6.34. The van der Waals surface area contributed by atoms with Crippen molar-refractivity contribution in [2.24, 2.45) is 0 Å². The Morgan fingerprint density at radius 3 is 2.48 bits per heavy atom. The predicted molar refractivity (Wildman–Crippen MR) is 100 cm³/mol. The normalized spacial score (nSPS) is 14.0. The molecule has 0 fully saturated rings. The second-order valence-corrected chi connectivity index (χ2v) is 6.34. The highest BCUT2D eigenvalue weighted by atomic mass is 16.2. The molecule has 2 amide bonds. The van der Waals surface area contributed by atoms with E-state index in [0.717, 1.165) is 27.7 Å². The van der Waals surface area contributed by atoms with Gasteiger partial charge in [0, 0.05) is 16.6 Å². The molecule has 1 N–H and O–H groups in total. The Kier molecular flexibility index (Phi) is 3.53. The minimum Gasteiger partial charge on any atom is -0.324 e. The monoisotopic (exact) mass is 330 g/mol. The first-order valence-electron chi connectivity index (χ1n) is 8.30. The Hall–Kier alpha value is -3.14. The Balaban J connectivity index is 1.69. The summed E-state index contributed by atoms with van der Waals surface area (Å²) in [4.78, 5) is 27.2. The Labute approximate surface area is 146 Å². The summed E-state index contributed by atoms with van der Waals surface area (Å²) in [6.07, 6.45) is 0. The van der Waals surface area contributed by atoms with Crippen LogP contribution in [-0.2, 0) is 4.79 Å². The number of nitrogens with one attached hydrogen (secondary N) is 1. The topological polar surface area (TPSA) is 49.4 Å². The molecular formula is C21H18N2O2. The van der Waals surface area contributed by atoms with Crippen LogP contribution >= 0.6 is 0 Å². The first-order valence-corrected chi connectivity index (χ1v) is 8.30. The first kappa shape index (κ1) is 15.4. The highest BCUT2D eigenvalue weighted by Gasteiger charge is 2.35. The van der Waals surface area contributed by atoms with Gasteiger partial charge >= 0.3 is 0 Å². The molecule has 0 spiro atoms. The number of para-hydroxylation sites is 1. The van der Waals surface area contributed by atoms with E-state index in [1.54, 1.807) is 11.8 Å². The minimum absolute atomic E-state index is 0.126. The van der Waals surface area contributed by atoms with Crippen molar-refractivity contribution in [2.75, 3.05) is 10.2 Å². The second kappa shape index (κ2) is 5.74. The third kappa shape index (κ3) is 2.38. The summed E-state index contributed by atoms with van der Waals surface area (Å²) in [6, 6.07) is 18.5. The molecular weight excluding hydrogens is 312 g/mol. The predicted octanol–water partition coefficient (Wildman–Crippen LogP) is 4.14. The molecule has 1 aliphatic rings. The maximum absolute atomic E-state index is 12.9. The quantitative estimate of drug-likeness (QED) is 0.785. The zero-order chi connectivity index (χ0) is 17.6. The van der Waals surface area contributed by atoms with Crippen LogP contribution in [0.1, 0.15) is 22.8 Å². The highest BCUT2D eigenvalue weighted by molar-refractivity contribution is 6.26. The molecule has 0 saturated carbocycles. The summed E-state index contributed by atoms with van der Waals surface area (Å²) in [6.45, 7) is 3.70. The van der Waals surface area contributed by atoms with Crippen molar-refractivity contribution in [3.8, 4) is 0 Å². The van der Waals surface area contributed by atoms with Crippen LogP contribution in [0, 0.1) is 6.92 Å². The lowest BCUT2D eigenvalue weighted by atomic mass is 10.1. The zero-order valence-corrected chi connectivity index (χ0v) is 14.1. The number of hydrogen-bond acceptors (Lipinski definition) is 2. The molecule has 4 nitrogen and oxygen atoms in total. The van der Waals surface area contributed by atoms with Gasteiger partial charge in [-0.2, -0.15) is 0 Å². The van der Waals surface area contributed by atoms with Crippen LogP contribution < -0.4 is 10.2 Å². The molecule has 0 unspecified atom stereocenters. The van der Waals surface area contributed by atoms with Gasteiger partial charge < -0.3 is 5.32 Å². The van der Waals surface area contributed by atoms with Crippen LogP contribution in [0.4, 0.5) is 11.4 Å². The molecule has 1 heterocycles. The molecule has 4 heteroatoms. The van der Waals surface area contributed by atoms with Crippen molar-refractivity contribution in [3.05, 3.63) is 71.8 Å². The lowest BCUT2D eigenvalue weighted by Crippen LogP contribution is -2.44. The van der Waals surface area contributed by atoms with Gasteiger partial charge in [0.05, 0.1) is 5.69 Å². The summed E-state index contributed by atoms with van der Waals surface area (Å²) in [5, 5.41) is 4.87. The number of hydrogen-bond donors (Lipinski definition) is 1.